The van der Waals surface area contributed by atoms with Crippen molar-refractivity contribution in [3.05, 3.63) is 23.8 Å². The molecule has 2 aromatic rings. The van der Waals surface area contributed by atoms with Gasteiger partial charge < -0.3 is 10.6 Å². The first-order valence-electron chi connectivity index (χ1n) is 6.36. The highest BCUT2D eigenvalue weighted by Gasteiger charge is 2.26. The van der Waals surface area contributed by atoms with Crippen LogP contribution in [0, 0.1) is 6.92 Å². The first kappa shape index (κ1) is 14.0. The molecule has 0 atom stereocenters. The summed E-state index contributed by atoms with van der Waals surface area (Å²) in [5.74, 6) is -0.0647. The molecule has 4 nitrogen and oxygen atoms in total. The quantitative estimate of drug-likeness (QED) is 0.903. The predicted octanol–water partition coefficient (Wildman–Crippen LogP) is 2.93. The highest BCUT2D eigenvalue weighted by atomic mass is 32.1. The van der Waals surface area contributed by atoms with Crippen molar-refractivity contribution in [2.45, 2.75) is 33.2 Å². The number of fused-ring (bicyclic) bond motifs is 1. The van der Waals surface area contributed by atoms with Crippen molar-refractivity contribution in [2.24, 2.45) is 0 Å². The van der Waals surface area contributed by atoms with Crippen LogP contribution >= 0.6 is 11.3 Å². The molecule has 5 heteroatoms. The minimum Gasteiger partial charge on any atom is -0.304 e. The van der Waals surface area contributed by atoms with Gasteiger partial charge in [-0.25, -0.2) is 4.98 Å². The number of nitrogens with zero attached hydrogens (tertiary/aromatic N) is 1. The van der Waals surface area contributed by atoms with Gasteiger partial charge in [-0.1, -0.05) is 24.3 Å². The number of carbonyl (C=O) groups is 1. The number of thiazole rings is 1. The summed E-state index contributed by atoms with van der Waals surface area (Å²) in [5.41, 5.74) is 1.52. The zero-order valence-electron chi connectivity index (χ0n) is 11.7. The molecule has 0 fully saturated rings. The lowest BCUT2D eigenvalue weighted by molar-refractivity contribution is -0.121. The number of carbonyl (C=O) groups excluding carboxylic acids is 1. The maximum Gasteiger partial charge on any atom is 0.245 e. The number of amides is 1. The van der Waals surface area contributed by atoms with Gasteiger partial charge in [-0.15, -0.1) is 0 Å². The summed E-state index contributed by atoms with van der Waals surface area (Å²) in [5, 5.41) is 6.68. The zero-order chi connectivity index (χ0) is 14.0. The molecular weight excluding hydrogens is 258 g/mol. The summed E-state index contributed by atoms with van der Waals surface area (Å²) in [6.07, 6.45) is 0. The summed E-state index contributed by atoms with van der Waals surface area (Å²) >= 11 is 1.50. The highest BCUT2D eigenvalue weighted by molar-refractivity contribution is 7.22. The van der Waals surface area contributed by atoms with E-state index in [-0.39, 0.29) is 5.91 Å². The van der Waals surface area contributed by atoms with Gasteiger partial charge in [0.1, 0.15) is 0 Å². The Morgan fingerprint density at radius 2 is 2.16 bits per heavy atom. The van der Waals surface area contributed by atoms with E-state index in [0.717, 1.165) is 16.8 Å². The van der Waals surface area contributed by atoms with Crippen molar-refractivity contribution in [1.82, 2.24) is 10.3 Å². The molecule has 0 spiro atoms. The van der Waals surface area contributed by atoms with Gasteiger partial charge >= 0.3 is 0 Å². The largest absolute Gasteiger partial charge is 0.304 e. The second-order valence-electron chi connectivity index (χ2n) is 5.10. The monoisotopic (exact) mass is 277 g/mol. The highest BCUT2D eigenvalue weighted by Crippen LogP contribution is 2.27. The molecule has 102 valence electrons. The second-order valence-corrected chi connectivity index (χ2v) is 6.13. The third-order valence-electron chi connectivity index (χ3n) is 2.95. The Balaban J connectivity index is 2.19. The number of hydrogen-bond donors (Lipinski definition) is 2. The van der Waals surface area contributed by atoms with Gasteiger partial charge in [0.15, 0.2) is 5.13 Å². The molecule has 2 rings (SSSR count). The molecule has 1 aromatic carbocycles. The van der Waals surface area contributed by atoms with E-state index in [2.05, 4.69) is 21.7 Å². The molecule has 0 aliphatic heterocycles. The van der Waals surface area contributed by atoms with E-state index in [1.54, 1.807) is 0 Å². The van der Waals surface area contributed by atoms with Crippen LogP contribution in [-0.4, -0.2) is 23.0 Å². The molecule has 0 aliphatic carbocycles. The molecule has 0 unspecified atom stereocenters. The average molecular weight is 277 g/mol. The van der Waals surface area contributed by atoms with Crippen LogP contribution in [0.25, 0.3) is 10.2 Å². The van der Waals surface area contributed by atoms with Crippen LogP contribution in [0.2, 0.25) is 0 Å². The summed E-state index contributed by atoms with van der Waals surface area (Å²) in [6.45, 7) is 8.51. The number of anilines is 1. The molecule has 0 bridgehead atoms. The van der Waals surface area contributed by atoms with Crippen LogP contribution in [0.5, 0.6) is 0 Å². The van der Waals surface area contributed by atoms with Gasteiger partial charge in [0, 0.05) is 0 Å². The van der Waals surface area contributed by atoms with E-state index in [1.807, 2.05) is 39.8 Å². The molecule has 1 heterocycles. The van der Waals surface area contributed by atoms with E-state index in [0.29, 0.717) is 5.13 Å². The first-order valence-corrected chi connectivity index (χ1v) is 7.17. The number of aryl methyl sites for hydroxylation is 1. The molecule has 1 aromatic heterocycles. The number of benzene rings is 1. The summed E-state index contributed by atoms with van der Waals surface area (Å²) < 4.78 is 1.09. The van der Waals surface area contributed by atoms with Crippen LogP contribution in [0.4, 0.5) is 5.13 Å². The van der Waals surface area contributed by atoms with E-state index >= 15 is 0 Å². The standard InChI is InChI=1S/C14H19N3OS/c1-5-15-14(3,4)12(18)17-13-16-10-7-6-9(2)8-11(10)19-13/h6-8,15H,5H2,1-4H3,(H,16,17,18). The molecule has 2 N–H and O–H groups in total. The molecule has 0 aliphatic rings. The fourth-order valence-corrected chi connectivity index (χ4v) is 2.82. The molecule has 1 amide bonds. The van der Waals surface area contributed by atoms with Gasteiger partial charge in [-0.05, 0) is 45.0 Å². The minimum absolute atomic E-state index is 0.0647. The van der Waals surface area contributed by atoms with Crippen LogP contribution in [0.3, 0.4) is 0 Å². The average Bonchev–Trinajstić information content (AvgIpc) is 2.70. The van der Waals surface area contributed by atoms with Gasteiger partial charge in [0.25, 0.3) is 0 Å². The van der Waals surface area contributed by atoms with Gasteiger partial charge in [0.05, 0.1) is 15.8 Å². The normalized spacial score (nSPS) is 11.8. The van der Waals surface area contributed by atoms with E-state index < -0.39 is 5.54 Å². The first-order chi connectivity index (χ1) is 8.92. The summed E-state index contributed by atoms with van der Waals surface area (Å²) in [4.78, 5) is 16.6. The van der Waals surface area contributed by atoms with Crippen molar-refractivity contribution in [3.63, 3.8) is 0 Å². The molecule has 0 saturated heterocycles. The van der Waals surface area contributed by atoms with Gasteiger partial charge in [0.2, 0.25) is 5.91 Å². The lowest BCUT2D eigenvalue weighted by Crippen LogP contribution is -2.49. The van der Waals surface area contributed by atoms with Crippen molar-refractivity contribution >= 4 is 32.6 Å². The third kappa shape index (κ3) is 3.11. The molecule has 0 radical (unpaired) electrons. The second kappa shape index (κ2) is 5.27. The Morgan fingerprint density at radius 1 is 1.42 bits per heavy atom. The summed E-state index contributed by atoms with van der Waals surface area (Å²) in [7, 11) is 0. The Hall–Kier alpha value is -1.46. The third-order valence-corrected chi connectivity index (χ3v) is 3.88. The molecule has 0 saturated carbocycles. The Kier molecular flexibility index (Phi) is 3.87. The van der Waals surface area contributed by atoms with Crippen LogP contribution in [-0.2, 0) is 4.79 Å². The minimum atomic E-state index is -0.595. The Morgan fingerprint density at radius 3 is 2.84 bits per heavy atom. The number of aromatic nitrogens is 1. The van der Waals surface area contributed by atoms with Gasteiger partial charge in [-0.2, -0.15) is 0 Å². The van der Waals surface area contributed by atoms with Crippen molar-refractivity contribution in [1.29, 1.82) is 0 Å². The number of likely N-dealkylation sites (N-methyl/N-ethyl adjacent to an activating group) is 1. The van der Waals surface area contributed by atoms with Crippen LogP contribution in [0.15, 0.2) is 18.2 Å². The maximum absolute atomic E-state index is 12.2. The summed E-state index contributed by atoms with van der Waals surface area (Å²) in [6, 6.07) is 6.08. The van der Waals surface area contributed by atoms with Crippen molar-refractivity contribution in [3.8, 4) is 0 Å². The van der Waals surface area contributed by atoms with Crippen LogP contribution in [0.1, 0.15) is 26.3 Å². The van der Waals surface area contributed by atoms with E-state index in [1.165, 1.54) is 16.9 Å². The number of rotatable bonds is 4. The molecular formula is C14H19N3OS. The fourth-order valence-electron chi connectivity index (χ4n) is 1.86. The lowest BCUT2D eigenvalue weighted by atomic mass is 10.1. The number of hydrogen-bond acceptors (Lipinski definition) is 4. The molecule has 19 heavy (non-hydrogen) atoms. The van der Waals surface area contributed by atoms with Crippen LogP contribution < -0.4 is 10.6 Å². The van der Waals surface area contributed by atoms with E-state index in [9.17, 15) is 4.79 Å². The van der Waals surface area contributed by atoms with E-state index in [4.69, 9.17) is 0 Å². The lowest BCUT2D eigenvalue weighted by Gasteiger charge is -2.23. The SMILES string of the molecule is CCNC(C)(C)C(=O)Nc1nc2ccc(C)cc2s1. The zero-order valence-corrected chi connectivity index (χ0v) is 12.5. The number of nitrogens with one attached hydrogen (secondary N) is 2. The topological polar surface area (TPSA) is 54.0 Å². The smallest absolute Gasteiger partial charge is 0.245 e. The van der Waals surface area contributed by atoms with Gasteiger partial charge in [-0.3, -0.25) is 4.79 Å². The Bertz CT molecular complexity index is 604. The fraction of sp³-hybridized carbons (Fsp3) is 0.429. The Labute approximate surface area is 117 Å². The maximum atomic E-state index is 12.2. The van der Waals surface area contributed by atoms with Crippen molar-refractivity contribution in [2.75, 3.05) is 11.9 Å². The van der Waals surface area contributed by atoms with Crippen molar-refractivity contribution < 1.29 is 4.79 Å². The predicted molar refractivity (Wildman–Crippen MR) is 80.7 cm³/mol.